The molecule has 0 amide bonds. The Bertz CT molecular complexity index is 1670. The van der Waals surface area contributed by atoms with Crippen LogP contribution in [0.2, 0.25) is 0 Å². The zero-order chi connectivity index (χ0) is 22.4. The number of pyridine rings is 1. The second-order valence-corrected chi connectivity index (χ2v) is 7.49. The van der Waals surface area contributed by atoms with Gasteiger partial charge in [-0.3, -0.25) is 14.3 Å². The minimum atomic E-state index is -0.758. The summed E-state index contributed by atoms with van der Waals surface area (Å²) in [6.45, 7) is 1.79. The molecule has 0 unspecified atom stereocenters. The molecule has 4 aromatic heterocycles. The maximum absolute atomic E-state index is 12.6. The van der Waals surface area contributed by atoms with E-state index in [4.69, 9.17) is 4.42 Å². The highest BCUT2D eigenvalue weighted by Gasteiger charge is 2.17. The molecule has 160 valence electrons. The van der Waals surface area contributed by atoms with Crippen molar-refractivity contribution in [2.75, 3.05) is 0 Å². The molecule has 1 aromatic carbocycles. The lowest BCUT2D eigenvalue weighted by atomic mass is 10.1. The summed E-state index contributed by atoms with van der Waals surface area (Å²) in [5, 5.41) is 11.5. The Balaban J connectivity index is 1.64. The smallest absolute Gasteiger partial charge is 0.349 e. The molecule has 5 rings (SSSR count). The fraction of sp³-hybridized carbons (Fsp3) is 0.130. The third kappa shape index (κ3) is 3.20. The van der Waals surface area contributed by atoms with Crippen LogP contribution in [0.1, 0.15) is 11.3 Å². The summed E-state index contributed by atoms with van der Waals surface area (Å²) < 4.78 is 6.43. The van der Waals surface area contributed by atoms with Gasteiger partial charge in [0, 0.05) is 29.7 Å². The quantitative estimate of drug-likeness (QED) is 0.401. The molecular formula is C23H18N4O5. The van der Waals surface area contributed by atoms with Crippen LogP contribution in [0.5, 0.6) is 5.75 Å². The van der Waals surface area contributed by atoms with E-state index in [0.29, 0.717) is 6.42 Å². The average Bonchev–Trinajstić information content (AvgIpc) is 3.16. The van der Waals surface area contributed by atoms with Crippen molar-refractivity contribution in [3.63, 3.8) is 0 Å². The van der Waals surface area contributed by atoms with Gasteiger partial charge in [-0.05, 0) is 37.1 Å². The van der Waals surface area contributed by atoms with Gasteiger partial charge in [-0.15, -0.1) is 0 Å². The lowest BCUT2D eigenvalue weighted by Crippen LogP contribution is -2.31. The number of fused-ring (bicyclic) bond motifs is 2. The van der Waals surface area contributed by atoms with E-state index < -0.39 is 16.9 Å². The van der Waals surface area contributed by atoms with Gasteiger partial charge in [0.2, 0.25) is 0 Å². The Morgan fingerprint density at radius 1 is 1.09 bits per heavy atom. The van der Waals surface area contributed by atoms with Crippen LogP contribution in [0.25, 0.3) is 33.2 Å². The highest BCUT2D eigenvalue weighted by atomic mass is 16.4. The Hall–Kier alpha value is -4.40. The molecule has 9 nitrogen and oxygen atoms in total. The fourth-order valence-corrected chi connectivity index (χ4v) is 3.91. The number of aromatic amines is 2. The van der Waals surface area contributed by atoms with Gasteiger partial charge in [0.1, 0.15) is 22.7 Å². The number of benzene rings is 1. The van der Waals surface area contributed by atoms with Crippen molar-refractivity contribution in [1.82, 2.24) is 19.5 Å². The molecule has 0 saturated heterocycles. The van der Waals surface area contributed by atoms with Gasteiger partial charge in [-0.1, -0.05) is 18.2 Å². The van der Waals surface area contributed by atoms with Crippen LogP contribution in [0.15, 0.2) is 67.5 Å². The zero-order valence-electron chi connectivity index (χ0n) is 17.0. The summed E-state index contributed by atoms with van der Waals surface area (Å²) in [6, 6.07) is 12.0. The maximum Gasteiger partial charge on any atom is 0.349 e. The molecule has 0 aliphatic carbocycles. The molecule has 0 bridgehead atoms. The van der Waals surface area contributed by atoms with Crippen molar-refractivity contribution in [1.29, 1.82) is 0 Å². The number of para-hydroxylation sites is 1. The number of rotatable bonds is 4. The van der Waals surface area contributed by atoms with Gasteiger partial charge >= 0.3 is 11.3 Å². The average molecular weight is 430 g/mol. The summed E-state index contributed by atoms with van der Waals surface area (Å²) in [5.41, 5.74) is 0.160. The SMILES string of the molecule is Cc1cc(O)c(-c2ccc3c(=O)[nH]c(=O)n(CCc4c[nH]c5ccccc45)c3n2)c(=O)o1. The van der Waals surface area contributed by atoms with E-state index >= 15 is 0 Å². The molecule has 0 saturated carbocycles. The number of nitrogens with one attached hydrogen (secondary N) is 2. The summed E-state index contributed by atoms with van der Waals surface area (Å²) >= 11 is 0. The number of hydrogen-bond donors (Lipinski definition) is 3. The van der Waals surface area contributed by atoms with Crippen molar-refractivity contribution in [3.8, 4) is 17.0 Å². The normalized spacial score (nSPS) is 11.4. The Labute approximate surface area is 179 Å². The first kappa shape index (κ1) is 19.6. The lowest BCUT2D eigenvalue weighted by Gasteiger charge is -2.10. The number of aromatic hydroxyl groups is 1. The van der Waals surface area contributed by atoms with Gasteiger partial charge < -0.3 is 14.5 Å². The van der Waals surface area contributed by atoms with Crippen molar-refractivity contribution >= 4 is 21.9 Å². The minimum absolute atomic E-state index is 0.106. The molecular weight excluding hydrogens is 412 g/mol. The van der Waals surface area contributed by atoms with Crippen LogP contribution in [0, 0.1) is 6.92 Å². The van der Waals surface area contributed by atoms with Crippen molar-refractivity contribution in [3.05, 3.63) is 91.2 Å². The van der Waals surface area contributed by atoms with E-state index in [1.807, 2.05) is 30.5 Å². The maximum atomic E-state index is 12.6. The van der Waals surface area contributed by atoms with Crippen molar-refractivity contribution < 1.29 is 9.52 Å². The van der Waals surface area contributed by atoms with Crippen LogP contribution < -0.4 is 16.9 Å². The van der Waals surface area contributed by atoms with Crippen LogP contribution in [-0.2, 0) is 13.0 Å². The second-order valence-electron chi connectivity index (χ2n) is 7.49. The van der Waals surface area contributed by atoms with Gasteiger partial charge in [0.05, 0.1) is 11.1 Å². The van der Waals surface area contributed by atoms with E-state index in [-0.39, 0.29) is 40.3 Å². The molecule has 3 N–H and O–H groups in total. The summed E-state index contributed by atoms with van der Waals surface area (Å²) in [6.07, 6.45) is 2.40. The summed E-state index contributed by atoms with van der Waals surface area (Å²) in [4.78, 5) is 47.2. The van der Waals surface area contributed by atoms with Gasteiger partial charge in [-0.2, -0.15) is 0 Å². The predicted molar refractivity (Wildman–Crippen MR) is 119 cm³/mol. The zero-order valence-corrected chi connectivity index (χ0v) is 17.0. The van der Waals surface area contributed by atoms with Crippen LogP contribution in [-0.4, -0.2) is 24.6 Å². The summed E-state index contributed by atoms with van der Waals surface area (Å²) in [7, 11) is 0. The highest BCUT2D eigenvalue weighted by Crippen LogP contribution is 2.26. The van der Waals surface area contributed by atoms with Gasteiger partial charge in [0.15, 0.2) is 0 Å². The Morgan fingerprint density at radius 3 is 2.72 bits per heavy atom. The van der Waals surface area contributed by atoms with E-state index in [1.54, 1.807) is 6.92 Å². The largest absolute Gasteiger partial charge is 0.507 e. The number of hydrogen-bond acceptors (Lipinski definition) is 6. The van der Waals surface area contributed by atoms with E-state index in [9.17, 15) is 19.5 Å². The van der Waals surface area contributed by atoms with E-state index in [0.717, 1.165) is 16.5 Å². The van der Waals surface area contributed by atoms with Crippen LogP contribution in [0.3, 0.4) is 0 Å². The Kier molecular flexibility index (Phi) is 4.51. The Morgan fingerprint density at radius 2 is 1.91 bits per heavy atom. The topological polar surface area (TPSA) is 134 Å². The highest BCUT2D eigenvalue weighted by molar-refractivity contribution is 5.83. The third-order valence-corrected chi connectivity index (χ3v) is 5.43. The fourth-order valence-electron chi connectivity index (χ4n) is 3.91. The third-order valence-electron chi connectivity index (χ3n) is 5.43. The molecule has 9 heteroatoms. The standard InChI is InChI=1S/C23H18N4O5/c1-12-10-18(28)19(22(30)32-12)17-7-6-15-20(25-17)27(23(31)26-21(15)29)9-8-13-11-24-16-5-3-2-4-14(13)16/h2-7,10-11,24,28H,8-9H2,1H3,(H,26,29,31). The van der Waals surface area contributed by atoms with Gasteiger partial charge in [-0.25, -0.2) is 14.6 Å². The molecule has 32 heavy (non-hydrogen) atoms. The molecule has 0 spiro atoms. The van der Waals surface area contributed by atoms with E-state index in [2.05, 4.69) is 15.0 Å². The molecule has 0 aliphatic heterocycles. The molecule has 0 atom stereocenters. The van der Waals surface area contributed by atoms with Crippen molar-refractivity contribution in [2.45, 2.75) is 19.9 Å². The molecule has 5 aromatic rings. The van der Waals surface area contributed by atoms with Gasteiger partial charge in [0.25, 0.3) is 5.56 Å². The second kappa shape index (κ2) is 7.38. The summed E-state index contributed by atoms with van der Waals surface area (Å²) in [5.74, 6) is -0.0350. The molecule has 4 heterocycles. The molecule has 0 fully saturated rings. The predicted octanol–water partition coefficient (Wildman–Crippen LogP) is 2.44. The minimum Gasteiger partial charge on any atom is -0.507 e. The molecule has 0 aliphatic rings. The monoisotopic (exact) mass is 430 g/mol. The lowest BCUT2D eigenvalue weighted by molar-refractivity contribution is 0.438. The van der Waals surface area contributed by atoms with Crippen LogP contribution in [0.4, 0.5) is 0 Å². The van der Waals surface area contributed by atoms with Crippen LogP contribution >= 0.6 is 0 Å². The van der Waals surface area contributed by atoms with Crippen molar-refractivity contribution in [2.24, 2.45) is 0 Å². The number of H-pyrrole nitrogens is 2. The number of aromatic nitrogens is 4. The number of nitrogens with zero attached hydrogens (tertiary/aromatic N) is 2. The molecule has 0 radical (unpaired) electrons. The van der Waals surface area contributed by atoms with E-state index in [1.165, 1.54) is 22.8 Å². The first-order valence-corrected chi connectivity index (χ1v) is 9.95. The first-order chi connectivity index (χ1) is 15.4. The number of aryl methyl sites for hydroxylation is 3. The first-order valence-electron chi connectivity index (χ1n) is 9.95.